The van der Waals surface area contributed by atoms with Crippen LogP contribution in [0.25, 0.3) is 34.4 Å². The molecule has 6 nitrogen and oxygen atoms in total. The maximum Gasteiger partial charge on any atom is 0.181 e. The second-order valence-electron chi connectivity index (χ2n) is 8.21. The molecule has 4 aromatic rings. The van der Waals surface area contributed by atoms with Crippen LogP contribution in [0.4, 0.5) is 8.78 Å². The number of hydrogen-bond donors (Lipinski definition) is 2. The Morgan fingerprint density at radius 2 is 1.77 bits per heavy atom. The van der Waals surface area contributed by atoms with E-state index in [9.17, 15) is 8.78 Å². The largest absolute Gasteiger partial charge is 0.328 e. The molecular formula is C23H25F2N6+. The molecule has 0 saturated carbocycles. The number of likely N-dealkylation sites (N-methyl/N-ethyl adjacent to an activating group) is 1. The van der Waals surface area contributed by atoms with E-state index in [1.807, 2.05) is 12.1 Å². The van der Waals surface area contributed by atoms with Gasteiger partial charge in [-0.25, -0.2) is 13.8 Å². The number of halogens is 2. The van der Waals surface area contributed by atoms with Crippen LogP contribution >= 0.6 is 0 Å². The van der Waals surface area contributed by atoms with E-state index in [2.05, 4.69) is 46.4 Å². The second-order valence-corrected chi connectivity index (χ2v) is 8.21. The first-order valence-electron chi connectivity index (χ1n) is 10.2. The Morgan fingerprint density at radius 3 is 2.52 bits per heavy atom. The number of rotatable bonds is 7. The fourth-order valence-corrected chi connectivity index (χ4v) is 3.21. The normalized spacial score (nSPS) is 12.3. The van der Waals surface area contributed by atoms with Crippen molar-refractivity contribution in [2.45, 2.75) is 13.3 Å². The van der Waals surface area contributed by atoms with Crippen molar-refractivity contribution >= 4 is 23.1 Å². The molecule has 2 aromatic carbocycles. The zero-order valence-corrected chi connectivity index (χ0v) is 17.8. The predicted molar refractivity (Wildman–Crippen MR) is 118 cm³/mol. The van der Waals surface area contributed by atoms with Crippen molar-refractivity contribution in [3.63, 3.8) is 0 Å². The zero-order valence-electron chi connectivity index (χ0n) is 17.8. The number of aromatic nitrogens is 5. The van der Waals surface area contributed by atoms with Gasteiger partial charge < -0.3 is 4.48 Å². The summed E-state index contributed by atoms with van der Waals surface area (Å²) in [5, 5.41) is 14.8. The molecule has 31 heavy (non-hydrogen) atoms. The number of fused-ring (bicyclic) bond motifs is 1. The fourth-order valence-electron chi connectivity index (χ4n) is 3.21. The highest BCUT2D eigenvalue weighted by molar-refractivity contribution is 5.92. The van der Waals surface area contributed by atoms with Crippen LogP contribution in [0.1, 0.15) is 24.0 Å². The molecule has 0 aliphatic carbocycles. The molecule has 0 spiro atoms. The predicted octanol–water partition coefficient (Wildman–Crippen LogP) is 4.44. The highest BCUT2D eigenvalue weighted by Crippen LogP contribution is 2.27. The average Bonchev–Trinajstić information content (AvgIpc) is 3.39. The summed E-state index contributed by atoms with van der Waals surface area (Å²) in [6, 6.07) is 9.35. The van der Waals surface area contributed by atoms with Gasteiger partial charge in [0.05, 0.1) is 39.3 Å². The van der Waals surface area contributed by atoms with Gasteiger partial charge in [0.15, 0.2) is 11.6 Å². The summed E-state index contributed by atoms with van der Waals surface area (Å²) in [6.45, 7) is 4.10. The lowest BCUT2D eigenvalue weighted by Crippen LogP contribution is -2.40. The zero-order chi connectivity index (χ0) is 22.0. The topological polar surface area (TPSA) is 70.2 Å². The van der Waals surface area contributed by atoms with Crippen LogP contribution in [-0.4, -0.2) is 57.0 Å². The first-order valence-corrected chi connectivity index (χ1v) is 10.2. The lowest BCUT2D eigenvalue weighted by molar-refractivity contribution is -0.888. The lowest BCUT2D eigenvalue weighted by Gasteiger charge is -2.27. The van der Waals surface area contributed by atoms with E-state index < -0.39 is 5.82 Å². The third-order valence-corrected chi connectivity index (χ3v) is 5.55. The van der Waals surface area contributed by atoms with Gasteiger partial charge in [-0.1, -0.05) is 18.2 Å². The Balaban J connectivity index is 1.61. The van der Waals surface area contributed by atoms with Crippen LogP contribution in [0, 0.1) is 11.6 Å². The summed E-state index contributed by atoms with van der Waals surface area (Å²) in [7, 11) is 4.33. The molecule has 0 saturated heterocycles. The van der Waals surface area contributed by atoms with Crippen molar-refractivity contribution in [3.8, 4) is 11.4 Å². The van der Waals surface area contributed by atoms with Gasteiger partial charge in [-0.05, 0) is 42.8 Å². The maximum absolute atomic E-state index is 14.7. The van der Waals surface area contributed by atoms with Crippen molar-refractivity contribution in [1.82, 2.24) is 25.4 Å². The number of aromatic amines is 2. The molecule has 0 amide bonds. The monoisotopic (exact) mass is 423 g/mol. The summed E-state index contributed by atoms with van der Waals surface area (Å²) in [5.74, 6) is 0.491. The Kier molecular flexibility index (Phi) is 5.65. The molecule has 0 bridgehead atoms. The first-order chi connectivity index (χ1) is 14.8. The summed E-state index contributed by atoms with van der Waals surface area (Å²) in [4.78, 5) is 4.55. The van der Waals surface area contributed by atoms with Gasteiger partial charge in [-0.2, -0.15) is 10.2 Å². The van der Waals surface area contributed by atoms with E-state index in [0.29, 0.717) is 22.5 Å². The number of hydrogen-bond acceptors (Lipinski definition) is 3. The van der Waals surface area contributed by atoms with E-state index in [1.54, 1.807) is 18.2 Å². The van der Waals surface area contributed by atoms with Crippen LogP contribution in [0.5, 0.6) is 0 Å². The highest BCUT2D eigenvalue weighted by Gasteiger charge is 2.16. The van der Waals surface area contributed by atoms with Gasteiger partial charge in [0.1, 0.15) is 17.2 Å². The Labute approximate surface area is 179 Å². The molecule has 4 rings (SSSR count). The molecule has 2 N–H and O–H groups in total. The van der Waals surface area contributed by atoms with E-state index in [0.717, 1.165) is 35.4 Å². The molecule has 0 aliphatic heterocycles. The number of benzene rings is 2. The van der Waals surface area contributed by atoms with Crippen molar-refractivity contribution in [3.05, 3.63) is 65.1 Å². The maximum atomic E-state index is 14.7. The summed E-state index contributed by atoms with van der Waals surface area (Å²) in [5.41, 5.74) is 2.31. The van der Waals surface area contributed by atoms with E-state index in [4.69, 9.17) is 0 Å². The van der Waals surface area contributed by atoms with Gasteiger partial charge in [0, 0.05) is 10.9 Å². The van der Waals surface area contributed by atoms with E-state index in [-0.39, 0.29) is 11.3 Å². The number of H-pyrrole nitrogens is 2. The van der Waals surface area contributed by atoms with Crippen molar-refractivity contribution < 1.29 is 13.3 Å². The van der Waals surface area contributed by atoms with Crippen LogP contribution < -0.4 is 0 Å². The number of nitrogens with one attached hydrogen (secondary N) is 2. The van der Waals surface area contributed by atoms with Gasteiger partial charge in [-0.3, -0.25) is 10.2 Å². The number of quaternary nitrogens is 1. The minimum absolute atomic E-state index is 0.250. The third-order valence-electron chi connectivity index (χ3n) is 5.55. The second kappa shape index (κ2) is 8.39. The minimum Gasteiger partial charge on any atom is -0.328 e. The van der Waals surface area contributed by atoms with Crippen molar-refractivity contribution in [2.75, 3.05) is 27.2 Å². The highest BCUT2D eigenvalue weighted by atomic mass is 19.1. The summed E-state index contributed by atoms with van der Waals surface area (Å²) < 4.78 is 28.7. The smallest absolute Gasteiger partial charge is 0.181 e. The molecular weight excluding hydrogens is 398 g/mol. The lowest BCUT2D eigenvalue weighted by atomic mass is 10.1. The molecule has 2 aromatic heterocycles. The summed E-state index contributed by atoms with van der Waals surface area (Å²) >= 11 is 0. The molecule has 8 heteroatoms. The number of nitrogens with zero attached hydrogens (tertiary/aromatic N) is 4. The molecule has 0 fully saturated rings. The average molecular weight is 423 g/mol. The van der Waals surface area contributed by atoms with Crippen LogP contribution in [-0.2, 0) is 6.42 Å². The SMILES string of the molecule is CC[N+](C)(C)CCc1nc(-c2cc(F)c3n[nH]c(/C=C/c4ccc(F)cc4)c3c2)n[nH]1. The van der Waals surface area contributed by atoms with Crippen molar-refractivity contribution in [1.29, 1.82) is 0 Å². The Bertz CT molecular complexity index is 1220. The van der Waals surface area contributed by atoms with E-state index in [1.165, 1.54) is 18.2 Å². The standard InChI is InChI=1S/C23H25F2N6/c1-4-31(2,3)12-11-21-26-23(30-28-21)16-13-18-20(27-29-22(18)19(25)14-16)10-7-15-5-8-17(24)9-6-15/h5-10,13-14H,4,11-12H2,1-3H3,(H,27,29)(H,26,28,30)/q+1/b10-7+. The molecule has 2 heterocycles. The van der Waals surface area contributed by atoms with E-state index >= 15 is 0 Å². The van der Waals surface area contributed by atoms with Gasteiger partial charge in [0.2, 0.25) is 0 Å². The molecule has 0 atom stereocenters. The Morgan fingerprint density at radius 1 is 1.00 bits per heavy atom. The molecule has 0 unspecified atom stereocenters. The molecule has 0 radical (unpaired) electrons. The van der Waals surface area contributed by atoms with Crippen LogP contribution in [0.15, 0.2) is 36.4 Å². The first kappa shape index (κ1) is 20.9. The van der Waals surface area contributed by atoms with Gasteiger partial charge >= 0.3 is 0 Å². The fraction of sp³-hybridized carbons (Fsp3) is 0.261. The van der Waals surface area contributed by atoms with Gasteiger partial charge in [-0.15, -0.1) is 0 Å². The quantitative estimate of drug-likeness (QED) is 0.432. The van der Waals surface area contributed by atoms with Gasteiger partial charge in [0.25, 0.3) is 0 Å². The molecule has 0 aliphatic rings. The van der Waals surface area contributed by atoms with Crippen LogP contribution in [0.3, 0.4) is 0 Å². The third kappa shape index (κ3) is 4.69. The molecule has 160 valence electrons. The minimum atomic E-state index is -0.444. The van der Waals surface area contributed by atoms with Crippen molar-refractivity contribution in [2.24, 2.45) is 0 Å². The Hall–Kier alpha value is -3.39. The van der Waals surface area contributed by atoms with Crippen LogP contribution in [0.2, 0.25) is 0 Å². The summed E-state index contributed by atoms with van der Waals surface area (Å²) in [6.07, 6.45) is 4.37.